The molecule has 0 bridgehead atoms. The number of tetrazole rings is 1. The van der Waals surface area contributed by atoms with Crippen LogP contribution in [-0.4, -0.2) is 26.8 Å². The Labute approximate surface area is 118 Å². The number of anilines is 1. The van der Waals surface area contributed by atoms with E-state index in [0.29, 0.717) is 30.4 Å². The minimum absolute atomic E-state index is 0.0689. The summed E-state index contributed by atoms with van der Waals surface area (Å²) in [4.78, 5) is 0. The Hall–Kier alpha value is -2.11. The standard InChI is InChI=1S/C14H21N5O/c1-5-20-11-8-6-7-10(15)12(11)13-16-17-18-19(13)9-14(2,3)4/h6-8H,5,9,15H2,1-4H3. The Morgan fingerprint density at radius 1 is 1.30 bits per heavy atom. The van der Waals surface area contributed by atoms with Crippen LogP contribution in [0.4, 0.5) is 5.69 Å². The normalized spacial score (nSPS) is 11.6. The first kappa shape index (κ1) is 14.3. The molecule has 0 aliphatic carbocycles. The summed E-state index contributed by atoms with van der Waals surface area (Å²) in [5, 5.41) is 12.0. The fourth-order valence-corrected chi connectivity index (χ4v) is 2.00. The second kappa shape index (κ2) is 5.48. The fraction of sp³-hybridized carbons (Fsp3) is 0.500. The highest BCUT2D eigenvalue weighted by molar-refractivity contribution is 5.77. The van der Waals surface area contributed by atoms with E-state index in [1.54, 1.807) is 4.68 Å². The lowest BCUT2D eigenvalue weighted by Gasteiger charge is -2.19. The van der Waals surface area contributed by atoms with Crippen LogP contribution >= 0.6 is 0 Å². The van der Waals surface area contributed by atoms with Crippen molar-refractivity contribution in [3.63, 3.8) is 0 Å². The van der Waals surface area contributed by atoms with Crippen molar-refractivity contribution in [3.05, 3.63) is 18.2 Å². The first-order chi connectivity index (χ1) is 9.42. The molecular weight excluding hydrogens is 254 g/mol. The Balaban J connectivity index is 2.49. The number of aromatic nitrogens is 4. The molecule has 2 N–H and O–H groups in total. The van der Waals surface area contributed by atoms with E-state index in [-0.39, 0.29) is 5.41 Å². The highest BCUT2D eigenvalue weighted by Crippen LogP contribution is 2.34. The number of nitrogens with two attached hydrogens (primary N) is 1. The smallest absolute Gasteiger partial charge is 0.187 e. The Morgan fingerprint density at radius 3 is 2.70 bits per heavy atom. The SMILES string of the molecule is CCOc1cccc(N)c1-c1nnnn1CC(C)(C)C. The van der Waals surface area contributed by atoms with Gasteiger partial charge in [-0.3, -0.25) is 0 Å². The molecule has 0 radical (unpaired) electrons. The fourth-order valence-electron chi connectivity index (χ4n) is 2.00. The average Bonchev–Trinajstić information content (AvgIpc) is 2.75. The highest BCUT2D eigenvalue weighted by atomic mass is 16.5. The van der Waals surface area contributed by atoms with Gasteiger partial charge in [0.15, 0.2) is 5.82 Å². The molecule has 2 rings (SSSR count). The zero-order valence-corrected chi connectivity index (χ0v) is 12.4. The summed E-state index contributed by atoms with van der Waals surface area (Å²) in [5.74, 6) is 1.35. The van der Waals surface area contributed by atoms with Crippen molar-refractivity contribution in [1.29, 1.82) is 0 Å². The molecule has 0 spiro atoms. The van der Waals surface area contributed by atoms with Gasteiger partial charge in [0.1, 0.15) is 5.75 Å². The molecule has 0 fully saturated rings. The number of benzene rings is 1. The number of hydrogen-bond acceptors (Lipinski definition) is 5. The van der Waals surface area contributed by atoms with E-state index in [1.807, 2.05) is 25.1 Å². The Morgan fingerprint density at radius 2 is 2.05 bits per heavy atom. The molecule has 1 heterocycles. The van der Waals surface area contributed by atoms with Crippen LogP contribution in [-0.2, 0) is 6.54 Å². The second-order valence-corrected chi connectivity index (χ2v) is 5.87. The van der Waals surface area contributed by atoms with E-state index in [9.17, 15) is 0 Å². The third kappa shape index (κ3) is 3.07. The summed E-state index contributed by atoms with van der Waals surface area (Å²) in [6, 6.07) is 5.57. The molecule has 6 heteroatoms. The van der Waals surface area contributed by atoms with Crippen LogP contribution in [0.25, 0.3) is 11.4 Å². The van der Waals surface area contributed by atoms with E-state index in [0.717, 1.165) is 5.56 Å². The van der Waals surface area contributed by atoms with E-state index < -0.39 is 0 Å². The molecule has 1 aromatic heterocycles. The zero-order valence-electron chi connectivity index (χ0n) is 12.4. The number of rotatable bonds is 4. The predicted octanol–water partition coefficient (Wildman–Crippen LogP) is 2.37. The van der Waals surface area contributed by atoms with E-state index >= 15 is 0 Å². The molecule has 0 atom stereocenters. The predicted molar refractivity (Wildman–Crippen MR) is 78.3 cm³/mol. The van der Waals surface area contributed by atoms with Crippen LogP contribution in [0.5, 0.6) is 5.75 Å². The van der Waals surface area contributed by atoms with Crippen molar-refractivity contribution in [2.75, 3.05) is 12.3 Å². The molecule has 0 aliphatic rings. The number of nitrogen functional groups attached to an aromatic ring is 1. The van der Waals surface area contributed by atoms with Crippen LogP contribution in [0, 0.1) is 5.41 Å². The number of ether oxygens (including phenoxy) is 1. The molecule has 0 aliphatic heterocycles. The summed E-state index contributed by atoms with van der Waals surface area (Å²) in [7, 11) is 0. The zero-order chi connectivity index (χ0) is 14.8. The van der Waals surface area contributed by atoms with Crippen LogP contribution in [0.1, 0.15) is 27.7 Å². The van der Waals surface area contributed by atoms with E-state index in [2.05, 4.69) is 36.3 Å². The first-order valence-corrected chi connectivity index (χ1v) is 6.70. The van der Waals surface area contributed by atoms with E-state index in [4.69, 9.17) is 10.5 Å². The quantitative estimate of drug-likeness (QED) is 0.867. The lowest BCUT2D eigenvalue weighted by atomic mass is 9.97. The maximum Gasteiger partial charge on any atom is 0.187 e. The van der Waals surface area contributed by atoms with Gasteiger partial charge in [-0.25, -0.2) is 4.68 Å². The van der Waals surface area contributed by atoms with Gasteiger partial charge in [0.25, 0.3) is 0 Å². The van der Waals surface area contributed by atoms with Crippen molar-refractivity contribution >= 4 is 5.69 Å². The van der Waals surface area contributed by atoms with Crippen molar-refractivity contribution in [3.8, 4) is 17.1 Å². The number of hydrogen-bond donors (Lipinski definition) is 1. The molecule has 6 nitrogen and oxygen atoms in total. The molecule has 0 amide bonds. The van der Waals surface area contributed by atoms with Crippen LogP contribution in [0.3, 0.4) is 0 Å². The van der Waals surface area contributed by atoms with Crippen LogP contribution < -0.4 is 10.5 Å². The summed E-state index contributed by atoms with van der Waals surface area (Å²) >= 11 is 0. The molecule has 108 valence electrons. The van der Waals surface area contributed by atoms with Gasteiger partial charge in [-0.05, 0) is 34.9 Å². The monoisotopic (exact) mass is 275 g/mol. The summed E-state index contributed by atoms with van der Waals surface area (Å²) in [6.45, 7) is 9.61. The Kier molecular flexibility index (Phi) is 3.92. The minimum atomic E-state index is 0.0689. The molecule has 0 saturated carbocycles. The maximum absolute atomic E-state index is 6.09. The lowest BCUT2D eigenvalue weighted by molar-refractivity contribution is 0.321. The molecule has 0 saturated heterocycles. The largest absolute Gasteiger partial charge is 0.493 e. The summed E-state index contributed by atoms with van der Waals surface area (Å²) < 4.78 is 7.41. The topological polar surface area (TPSA) is 78.8 Å². The van der Waals surface area contributed by atoms with Crippen LogP contribution in [0.15, 0.2) is 18.2 Å². The van der Waals surface area contributed by atoms with Crippen LogP contribution in [0.2, 0.25) is 0 Å². The Bertz CT molecular complexity index is 585. The van der Waals surface area contributed by atoms with Crippen molar-refractivity contribution in [2.45, 2.75) is 34.2 Å². The lowest BCUT2D eigenvalue weighted by Crippen LogP contribution is -2.18. The van der Waals surface area contributed by atoms with Gasteiger partial charge < -0.3 is 10.5 Å². The third-order valence-corrected chi connectivity index (χ3v) is 2.74. The van der Waals surface area contributed by atoms with E-state index in [1.165, 1.54) is 0 Å². The summed E-state index contributed by atoms with van der Waals surface area (Å²) in [6.07, 6.45) is 0. The van der Waals surface area contributed by atoms with Gasteiger partial charge in [-0.15, -0.1) is 5.10 Å². The molecular formula is C14H21N5O. The van der Waals surface area contributed by atoms with Gasteiger partial charge in [0.05, 0.1) is 12.2 Å². The van der Waals surface area contributed by atoms with Gasteiger partial charge in [0.2, 0.25) is 0 Å². The average molecular weight is 275 g/mol. The third-order valence-electron chi connectivity index (χ3n) is 2.74. The molecule has 20 heavy (non-hydrogen) atoms. The van der Waals surface area contributed by atoms with Gasteiger partial charge in [0, 0.05) is 12.2 Å². The molecule has 1 aromatic carbocycles. The first-order valence-electron chi connectivity index (χ1n) is 6.70. The van der Waals surface area contributed by atoms with Gasteiger partial charge in [-0.2, -0.15) is 0 Å². The van der Waals surface area contributed by atoms with Gasteiger partial charge >= 0.3 is 0 Å². The van der Waals surface area contributed by atoms with Crippen molar-refractivity contribution < 1.29 is 4.74 Å². The second-order valence-electron chi connectivity index (χ2n) is 5.87. The maximum atomic E-state index is 6.09. The molecule has 2 aromatic rings. The number of nitrogens with zero attached hydrogens (tertiary/aromatic N) is 4. The van der Waals surface area contributed by atoms with Crippen molar-refractivity contribution in [2.24, 2.45) is 5.41 Å². The highest BCUT2D eigenvalue weighted by Gasteiger charge is 2.20. The van der Waals surface area contributed by atoms with Crippen molar-refractivity contribution in [1.82, 2.24) is 20.2 Å². The minimum Gasteiger partial charge on any atom is -0.493 e. The summed E-state index contributed by atoms with van der Waals surface area (Å²) in [5.41, 5.74) is 7.52. The van der Waals surface area contributed by atoms with Gasteiger partial charge in [-0.1, -0.05) is 26.8 Å². The molecule has 0 unspecified atom stereocenters.